The summed E-state index contributed by atoms with van der Waals surface area (Å²) in [6.45, 7) is 1.41. The number of nitrogens with two attached hydrogens (primary N) is 1. The Morgan fingerprint density at radius 1 is 1.47 bits per heavy atom. The first-order valence-corrected chi connectivity index (χ1v) is 5.90. The molecule has 0 saturated carbocycles. The molecule has 0 radical (unpaired) electrons. The van der Waals surface area contributed by atoms with Crippen LogP contribution in [-0.2, 0) is 11.2 Å². The van der Waals surface area contributed by atoms with Crippen LogP contribution < -0.4 is 5.73 Å². The number of amides is 1. The largest absolute Gasteiger partial charge is 0.390 e. The predicted octanol–water partition coefficient (Wildman–Crippen LogP) is 0.674. The standard InChI is InChI=1S/C13H18F2N2O2/c1-8(18)17(2)7-13(19)12(16)6-9-5-10(14)3-4-11(9)15/h3-5,12-13,19H,6-7,16H2,1-2H3/t12-,13?/m1/s1. The van der Waals surface area contributed by atoms with Crippen molar-refractivity contribution in [3.63, 3.8) is 0 Å². The molecule has 1 aromatic rings. The van der Waals surface area contributed by atoms with E-state index in [4.69, 9.17) is 5.73 Å². The highest BCUT2D eigenvalue weighted by Crippen LogP contribution is 2.12. The van der Waals surface area contributed by atoms with E-state index in [2.05, 4.69) is 0 Å². The topological polar surface area (TPSA) is 66.6 Å². The van der Waals surface area contributed by atoms with Gasteiger partial charge in [-0.25, -0.2) is 8.78 Å². The Morgan fingerprint density at radius 2 is 2.11 bits per heavy atom. The molecule has 1 rings (SSSR count). The number of carbonyl (C=O) groups excluding carboxylic acids is 1. The van der Waals surface area contributed by atoms with Gasteiger partial charge in [-0.2, -0.15) is 0 Å². The van der Waals surface area contributed by atoms with E-state index in [-0.39, 0.29) is 24.4 Å². The molecule has 0 aliphatic carbocycles. The van der Waals surface area contributed by atoms with E-state index in [1.807, 2.05) is 0 Å². The van der Waals surface area contributed by atoms with Crippen LogP contribution in [0.2, 0.25) is 0 Å². The highest BCUT2D eigenvalue weighted by atomic mass is 19.1. The van der Waals surface area contributed by atoms with E-state index >= 15 is 0 Å². The molecule has 0 heterocycles. The van der Waals surface area contributed by atoms with Crippen LogP contribution in [0, 0.1) is 11.6 Å². The summed E-state index contributed by atoms with van der Waals surface area (Å²) in [6.07, 6.45) is -1.01. The highest BCUT2D eigenvalue weighted by molar-refractivity contribution is 5.72. The summed E-state index contributed by atoms with van der Waals surface area (Å²) in [6, 6.07) is 2.31. The molecule has 1 amide bonds. The van der Waals surface area contributed by atoms with Gasteiger partial charge in [0.25, 0.3) is 0 Å². The lowest BCUT2D eigenvalue weighted by molar-refractivity contribution is -0.128. The molecule has 19 heavy (non-hydrogen) atoms. The second-order valence-corrected chi connectivity index (χ2v) is 4.57. The molecule has 6 heteroatoms. The number of halogens is 2. The number of hydrogen-bond acceptors (Lipinski definition) is 3. The first-order chi connectivity index (χ1) is 8.81. The minimum Gasteiger partial charge on any atom is -0.390 e. The van der Waals surface area contributed by atoms with Gasteiger partial charge in [0.2, 0.25) is 5.91 Å². The van der Waals surface area contributed by atoms with Gasteiger partial charge in [-0.3, -0.25) is 4.79 Å². The average molecular weight is 272 g/mol. The van der Waals surface area contributed by atoms with Gasteiger partial charge in [0, 0.05) is 26.6 Å². The number of aliphatic hydroxyl groups is 1. The zero-order valence-electron chi connectivity index (χ0n) is 10.9. The molecule has 106 valence electrons. The summed E-state index contributed by atoms with van der Waals surface area (Å²) in [7, 11) is 1.53. The molecule has 0 fully saturated rings. The average Bonchev–Trinajstić information content (AvgIpc) is 2.33. The van der Waals surface area contributed by atoms with Gasteiger partial charge in [0.1, 0.15) is 11.6 Å². The molecule has 0 aliphatic rings. The third-order valence-corrected chi connectivity index (χ3v) is 2.96. The van der Waals surface area contributed by atoms with Gasteiger partial charge in [-0.15, -0.1) is 0 Å². The number of carbonyl (C=O) groups is 1. The van der Waals surface area contributed by atoms with Crippen molar-refractivity contribution in [1.82, 2.24) is 4.90 Å². The van der Waals surface area contributed by atoms with E-state index in [1.54, 1.807) is 0 Å². The van der Waals surface area contributed by atoms with E-state index in [1.165, 1.54) is 18.9 Å². The van der Waals surface area contributed by atoms with Crippen LogP contribution >= 0.6 is 0 Å². The van der Waals surface area contributed by atoms with E-state index in [0.717, 1.165) is 18.2 Å². The van der Waals surface area contributed by atoms with Crippen LogP contribution in [-0.4, -0.2) is 41.7 Å². The van der Waals surface area contributed by atoms with Gasteiger partial charge in [-0.05, 0) is 30.2 Å². The number of benzene rings is 1. The zero-order valence-corrected chi connectivity index (χ0v) is 10.9. The minimum atomic E-state index is -1.00. The van der Waals surface area contributed by atoms with Gasteiger partial charge in [-0.1, -0.05) is 0 Å². The summed E-state index contributed by atoms with van der Waals surface area (Å²) >= 11 is 0. The number of rotatable bonds is 5. The number of hydrogen-bond donors (Lipinski definition) is 2. The van der Waals surface area contributed by atoms with Gasteiger partial charge < -0.3 is 15.7 Å². The predicted molar refractivity (Wildman–Crippen MR) is 67.4 cm³/mol. The summed E-state index contributed by atoms with van der Waals surface area (Å²) in [5.74, 6) is -1.33. The van der Waals surface area contributed by atoms with Crippen molar-refractivity contribution < 1.29 is 18.7 Å². The summed E-state index contributed by atoms with van der Waals surface area (Å²) in [5, 5.41) is 9.82. The Bertz CT molecular complexity index is 454. The molecule has 1 aromatic carbocycles. The Morgan fingerprint density at radius 3 is 2.68 bits per heavy atom. The molecule has 3 N–H and O–H groups in total. The number of nitrogens with zero attached hydrogens (tertiary/aromatic N) is 1. The lowest BCUT2D eigenvalue weighted by Gasteiger charge is -2.24. The summed E-state index contributed by atoms with van der Waals surface area (Å²) < 4.78 is 26.4. The molecule has 2 atom stereocenters. The third kappa shape index (κ3) is 4.57. The normalized spacial score (nSPS) is 14.0. The maximum Gasteiger partial charge on any atom is 0.219 e. The molecule has 4 nitrogen and oxygen atoms in total. The molecular weight excluding hydrogens is 254 g/mol. The smallest absolute Gasteiger partial charge is 0.219 e. The van der Waals surface area contributed by atoms with Gasteiger partial charge >= 0.3 is 0 Å². The van der Waals surface area contributed by atoms with E-state index in [0.29, 0.717) is 0 Å². The molecule has 0 saturated heterocycles. The maximum absolute atomic E-state index is 13.4. The first kappa shape index (κ1) is 15.5. The highest BCUT2D eigenvalue weighted by Gasteiger charge is 2.19. The van der Waals surface area contributed by atoms with Crippen LogP contribution in [0.5, 0.6) is 0 Å². The SMILES string of the molecule is CC(=O)N(C)CC(O)[C@H](N)Cc1cc(F)ccc1F. The fourth-order valence-corrected chi connectivity index (χ4v) is 1.63. The fraction of sp³-hybridized carbons (Fsp3) is 0.462. The van der Waals surface area contributed by atoms with Crippen LogP contribution in [0.3, 0.4) is 0 Å². The van der Waals surface area contributed by atoms with Crippen molar-refractivity contribution in [2.75, 3.05) is 13.6 Å². The molecule has 0 aliphatic heterocycles. The van der Waals surface area contributed by atoms with Crippen LogP contribution in [0.1, 0.15) is 12.5 Å². The Labute approximate surface area is 110 Å². The van der Waals surface area contributed by atoms with Crippen molar-refractivity contribution >= 4 is 5.91 Å². The fourth-order valence-electron chi connectivity index (χ4n) is 1.63. The van der Waals surface area contributed by atoms with Crippen molar-refractivity contribution in [3.05, 3.63) is 35.4 Å². The molecule has 0 aromatic heterocycles. The zero-order chi connectivity index (χ0) is 14.6. The monoisotopic (exact) mass is 272 g/mol. The minimum absolute atomic E-state index is 0.00347. The summed E-state index contributed by atoms with van der Waals surface area (Å²) in [5.41, 5.74) is 5.85. The van der Waals surface area contributed by atoms with Crippen LogP contribution in [0.15, 0.2) is 18.2 Å². The first-order valence-electron chi connectivity index (χ1n) is 5.90. The van der Waals surface area contributed by atoms with E-state index in [9.17, 15) is 18.7 Å². The molecule has 1 unspecified atom stereocenters. The van der Waals surface area contributed by atoms with Crippen LogP contribution in [0.4, 0.5) is 8.78 Å². The summed E-state index contributed by atoms with van der Waals surface area (Å²) in [4.78, 5) is 12.3. The lowest BCUT2D eigenvalue weighted by Crippen LogP contribution is -2.44. The second kappa shape index (κ2) is 6.58. The Hall–Kier alpha value is -1.53. The molecular formula is C13H18F2N2O2. The van der Waals surface area contributed by atoms with Crippen molar-refractivity contribution in [2.24, 2.45) is 5.73 Å². The number of aliphatic hydroxyl groups excluding tert-OH is 1. The third-order valence-electron chi connectivity index (χ3n) is 2.96. The van der Waals surface area contributed by atoms with Crippen LogP contribution in [0.25, 0.3) is 0 Å². The second-order valence-electron chi connectivity index (χ2n) is 4.57. The molecule has 0 bridgehead atoms. The van der Waals surface area contributed by atoms with Crippen molar-refractivity contribution in [2.45, 2.75) is 25.5 Å². The van der Waals surface area contributed by atoms with E-state index < -0.39 is 23.8 Å². The maximum atomic E-state index is 13.4. The Kier molecular flexibility index (Phi) is 5.38. The lowest BCUT2D eigenvalue weighted by atomic mass is 10.0. The quantitative estimate of drug-likeness (QED) is 0.828. The van der Waals surface area contributed by atoms with Gasteiger partial charge in [0.05, 0.1) is 6.10 Å². The number of likely N-dealkylation sites (N-methyl/N-ethyl adjacent to an activating group) is 1. The molecule has 0 spiro atoms. The van der Waals surface area contributed by atoms with Crippen molar-refractivity contribution in [1.29, 1.82) is 0 Å². The van der Waals surface area contributed by atoms with Gasteiger partial charge in [0.15, 0.2) is 0 Å². The Balaban J connectivity index is 2.65. The van der Waals surface area contributed by atoms with Crippen molar-refractivity contribution in [3.8, 4) is 0 Å².